The van der Waals surface area contributed by atoms with Gasteiger partial charge in [-0.1, -0.05) is 0 Å². The first-order valence-electron chi connectivity index (χ1n) is 3.70. The Morgan fingerprint density at radius 3 is 3.00 bits per heavy atom. The molecule has 2 rings (SSSR count). The Hall–Kier alpha value is -2.09. The van der Waals surface area contributed by atoms with E-state index in [4.69, 9.17) is 5.26 Å². The van der Waals surface area contributed by atoms with Crippen LogP contribution < -0.4 is 5.69 Å². The first kappa shape index (κ1) is 7.55. The van der Waals surface area contributed by atoms with Crippen LogP contribution in [-0.4, -0.2) is 15.0 Å². The van der Waals surface area contributed by atoms with Crippen molar-refractivity contribution in [2.75, 3.05) is 0 Å². The van der Waals surface area contributed by atoms with E-state index in [1.807, 2.05) is 13.0 Å². The summed E-state index contributed by atoms with van der Waals surface area (Å²) in [6.07, 6.45) is 0. The van der Waals surface area contributed by atoms with Crippen LogP contribution in [0.15, 0.2) is 10.9 Å². The van der Waals surface area contributed by atoms with Crippen LogP contribution in [0.2, 0.25) is 0 Å². The third-order valence-electron chi connectivity index (χ3n) is 1.80. The number of aromatic amines is 2. The molecule has 0 aliphatic rings. The largest absolute Gasteiger partial charge is 0.325 e. The number of hydrogen-bond acceptors (Lipinski definition) is 3. The Morgan fingerprint density at radius 2 is 2.31 bits per heavy atom. The second kappa shape index (κ2) is 2.45. The first-order chi connectivity index (χ1) is 6.20. The van der Waals surface area contributed by atoms with Crippen molar-refractivity contribution in [1.82, 2.24) is 15.0 Å². The summed E-state index contributed by atoms with van der Waals surface area (Å²) >= 11 is 0. The van der Waals surface area contributed by atoms with Crippen LogP contribution in [0, 0.1) is 18.3 Å². The number of aromatic nitrogens is 3. The minimum absolute atomic E-state index is 0.305. The molecule has 0 bridgehead atoms. The summed E-state index contributed by atoms with van der Waals surface area (Å²) < 4.78 is 0. The summed E-state index contributed by atoms with van der Waals surface area (Å²) in [5, 5.41) is 8.61. The normalized spacial score (nSPS) is 10.2. The van der Waals surface area contributed by atoms with Crippen LogP contribution in [0.1, 0.15) is 11.3 Å². The number of imidazole rings is 1. The van der Waals surface area contributed by atoms with Crippen molar-refractivity contribution in [2.24, 2.45) is 0 Å². The first-order valence-corrected chi connectivity index (χ1v) is 3.70. The summed E-state index contributed by atoms with van der Waals surface area (Å²) in [6, 6.07) is 3.55. The van der Waals surface area contributed by atoms with Gasteiger partial charge < -0.3 is 4.98 Å². The third kappa shape index (κ3) is 1.08. The smallest absolute Gasteiger partial charge is 0.304 e. The molecule has 0 unspecified atom stereocenters. The van der Waals surface area contributed by atoms with Gasteiger partial charge in [-0.15, -0.1) is 0 Å². The van der Waals surface area contributed by atoms with Gasteiger partial charge in [0.05, 0.1) is 5.52 Å². The van der Waals surface area contributed by atoms with Crippen molar-refractivity contribution >= 4 is 11.2 Å². The molecule has 0 atom stereocenters. The van der Waals surface area contributed by atoms with E-state index < -0.39 is 0 Å². The highest BCUT2D eigenvalue weighted by Gasteiger charge is 2.04. The lowest BCUT2D eigenvalue weighted by atomic mass is 10.2. The Balaban J connectivity index is 2.93. The average Bonchev–Trinajstić information content (AvgIpc) is 2.46. The Labute approximate surface area is 73.0 Å². The number of H-pyrrole nitrogens is 2. The van der Waals surface area contributed by atoms with Gasteiger partial charge in [0.2, 0.25) is 0 Å². The van der Waals surface area contributed by atoms with Gasteiger partial charge in [-0.3, -0.25) is 4.98 Å². The minimum Gasteiger partial charge on any atom is -0.304 e. The van der Waals surface area contributed by atoms with Crippen LogP contribution in [0.25, 0.3) is 11.2 Å². The molecule has 2 aromatic rings. The van der Waals surface area contributed by atoms with Crippen LogP contribution >= 0.6 is 0 Å². The zero-order valence-electron chi connectivity index (χ0n) is 6.88. The van der Waals surface area contributed by atoms with E-state index in [0.717, 1.165) is 5.56 Å². The molecule has 0 aliphatic heterocycles. The fourth-order valence-electron chi connectivity index (χ4n) is 1.23. The number of nitrogens with zero attached hydrogens (tertiary/aromatic N) is 2. The summed E-state index contributed by atoms with van der Waals surface area (Å²) in [4.78, 5) is 19.9. The molecule has 0 amide bonds. The summed E-state index contributed by atoms with van der Waals surface area (Å²) in [5.41, 5.74) is 1.92. The molecule has 0 radical (unpaired) electrons. The number of hydrogen-bond donors (Lipinski definition) is 2. The summed E-state index contributed by atoms with van der Waals surface area (Å²) in [6.45, 7) is 1.81. The van der Waals surface area contributed by atoms with E-state index in [1.165, 1.54) is 0 Å². The second-order valence-electron chi connectivity index (χ2n) is 2.74. The number of nitriles is 1. The van der Waals surface area contributed by atoms with Crippen molar-refractivity contribution in [1.29, 1.82) is 5.26 Å². The molecule has 64 valence electrons. The number of fused-ring (bicyclic) bond motifs is 1. The van der Waals surface area contributed by atoms with Gasteiger partial charge in [-0.25, -0.2) is 9.78 Å². The van der Waals surface area contributed by atoms with E-state index >= 15 is 0 Å². The Kier molecular flexibility index (Phi) is 1.43. The number of rotatable bonds is 0. The number of nitrogens with one attached hydrogen (secondary N) is 2. The predicted molar refractivity (Wildman–Crippen MR) is 46.2 cm³/mol. The van der Waals surface area contributed by atoms with Crippen molar-refractivity contribution in [3.05, 3.63) is 27.8 Å². The lowest BCUT2D eigenvalue weighted by Gasteiger charge is -1.94. The van der Waals surface area contributed by atoms with E-state index in [0.29, 0.717) is 16.9 Å². The fraction of sp³-hybridized carbons (Fsp3) is 0.125. The van der Waals surface area contributed by atoms with E-state index in [1.54, 1.807) is 6.07 Å². The molecule has 2 aromatic heterocycles. The molecular weight excluding hydrogens is 168 g/mol. The standard InChI is InChI=1S/C8H6N4O/c1-4-2-5(3-9)10-7-6(4)11-8(13)12-7/h2H,1H3,(H2,10,11,12,13). The average molecular weight is 174 g/mol. The van der Waals surface area contributed by atoms with Crippen molar-refractivity contribution in [3.63, 3.8) is 0 Å². The van der Waals surface area contributed by atoms with Crippen molar-refractivity contribution < 1.29 is 0 Å². The molecule has 2 heterocycles. The monoisotopic (exact) mass is 174 g/mol. The Bertz CT molecular complexity index is 558. The van der Waals surface area contributed by atoms with E-state index in [9.17, 15) is 4.79 Å². The highest BCUT2D eigenvalue weighted by Crippen LogP contribution is 2.10. The van der Waals surface area contributed by atoms with E-state index in [-0.39, 0.29) is 5.69 Å². The van der Waals surface area contributed by atoms with Crippen LogP contribution in [0.5, 0.6) is 0 Å². The van der Waals surface area contributed by atoms with Gasteiger partial charge in [-0.05, 0) is 18.6 Å². The molecule has 5 heteroatoms. The summed E-state index contributed by atoms with van der Waals surface area (Å²) in [5.74, 6) is 0. The lowest BCUT2D eigenvalue weighted by Crippen LogP contribution is -1.99. The molecule has 5 nitrogen and oxygen atoms in total. The SMILES string of the molecule is Cc1cc(C#N)nc2[nH]c(=O)[nH]c12. The van der Waals surface area contributed by atoms with Gasteiger partial charge in [-0.2, -0.15) is 5.26 Å². The molecule has 2 N–H and O–H groups in total. The van der Waals surface area contributed by atoms with Gasteiger partial charge in [0.1, 0.15) is 11.8 Å². The quantitative estimate of drug-likeness (QED) is 0.607. The molecule has 0 aliphatic carbocycles. The van der Waals surface area contributed by atoms with Gasteiger partial charge in [0.15, 0.2) is 5.65 Å². The molecule has 0 saturated carbocycles. The van der Waals surface area contributed by atoms with Gasteiger partial charge in [0, 0.05) is 0 Å². The van der Waals surface area contributed by atoms with E-state index in [2.05, 4.69) is 15.0 Å². The molecule has 13 heavy (non-hydrogen) atoms. The van der Waals surface area contributed by atoms with Gasteiger partial charge in [0.25, 0.3) is 0 Å². The van der Waals surface area contributed by atoms with Gasteiger partial charge >= 0.3 is 5.69 Å². The molecule has 0 aromatic carbocycles. The maximum atomic E-state index is 10.9. The fourth-order valence-corrected chi connectivity index (χ4v) is 1.23. The predicted octanol–water partition coefficient (Wildman–Crippen LogP) is 0.431. The zero-order valence-corrected chi connectivity index (χ0v) is 6.88. The number of aryl methyl sites for hydroxylation is 1. The Morgan fingerprint density at radius 1 is 1.54 bits per heavy atom. The number of pyridine rings is 1. The highest BCUT2D eigenvalue weighted by molar-refractivity contribution is 5.74. The molecule has 0 spiro atoms. The van der Waals surface area contributed by atoms with Crippen LogP contribution in [0.4, 0.5) is 0 Å². The minimum atomic E-state index is -0.305. The second-order valence-corrected chi connectivity index (χ2v) is 2.74. The molecular formula is C8H6N4O. The highest BCUT2D eigenvalue weighted by atomic mass is 16.1. The molecule has 0 saturated heterocycles. The zero-order chi connectivity index (χ0) is 9.42. The maximum absolute atomic E-state index is 10.9. The van der Waals surface area contributed by atoms with Crippen LogP contribution in [-0.2, 0) is 0 Å². The lowest BCUT2D eigenvalue weighted by molar-refractivity contribution is 1.19. The maximum Gasteiger partial charge on any atom is 0.325 e. The molecule has 0 fully saturated rings. The topological polar surface area (TPSA) is 85.3 Å². The third-order valence-corrected chi connectivity index (χ3v) is 1.80. The van der Waals surface area contributed by atoms with Crippen LogP contribution in [0.3, 0.4) is 0 Å². The van der Waals surface area contributed by atoms with Crippen molar-refractivity contribution in [2.45, 2.75) is 6.92 Å². The van der Waals surface area contributed by atoms with Crippen molar-refractivity contribution in [3.8, 4) is 6.07 Å². The summed E-state index contributed by atoms with van der Waals surface area (Å²) in [7, 11) is 0.